The molecule has 2 aromatic carbocycles. The number of primary amides is 1. The molecule has 0 saturated carbocycles. The van der Waals surface area contributed by atoms with Gasteiger partial charge in [-0.2, -0.15) is 0 Å². The lowest BCUT2D eigenvalue weighted by molar-refractivity contribution is -0.140. The van der Waals surface area contributed by atoms with E-state index >= 15 is 0 Å². The second kappa shape index (κ2) is 31.5. The Labute approximate surface area is 489 Å². The maximum Gasteiger partial charge on any atom is 0.245 e. The Morgan fingerprint density at radius 2 is 1.42 bits per heavy atom. The molecule has 9 unspecified atom stereocenters. The summed E-state index contributed by atoms with van der Waals surface area (Å²) in [6, 6.07) is 2.85. The second-order valence-electron chi connectivity index (χ2n) is 21.6. The molecule has 10 amide bonds. The number of phenols is 1. The van der Waals surface area contributed by atoms with Gasteiger partial charge in [-0.25, -0.2) is 4.98 Å². The number of carbonyl (C=O) groups excluding carboxylic acids is 10. The summed E-state index contributed by atoms with van der Waals surface area (Å²) in [6.45, 7) is 2.26. The van der Waals surface area contributed by atoms with E-state index in [2.05, 4.69) is 62.5 Å². The number of amides is 10. The van der Waals surface area contributed by atoms with Gasteiger partial charge in [-0.1, -0.05) is 44.2 Å². The number of aliphatic imine (C=N–C) groups is 1. The SMILES string of the molecule is CC(C)CC(NC(=O)CNC(=O)C(Cc1ccc(O)cc1)NC(=O)C(CO)NC(=O)C(Cc1c[nH]c2ccccc12)NC(=O)C(Cc1cnc[nH]1)NC(=O)C1CCC(=O)N1)C(=O)NC(CCCN=C(N)N)C(=O)N1CCCC1C(O)CCC(N)=O. The lowest BCUT2D eigenvalue weighted by Gasteiger charge is -2.32. The first kappa shape index (κ1) is 65.0. The Hall–Kier alpha value is -9.12. The van der Waals surface area contributed by atoms with Crippen LogP contribution >= 0.6 is 0 Å². The molecule has 9 atom stereocenters. The van der Waals surface area contributed by atoms with Crippen LogP contribution in [0.3, 0.4) is 0 Å². The predicted octanol–water partition coefficient (Wildman–Crippen LogP) is -3.36. The number of aromatic nitrogens is 3. The zero-order valence-electron chi connectivity index (χ0n) is 47.4. The van der Waals surface area contributed by atoms with Crippen LogP contribution in [0, 0.1) is 5.92 Å². The monoisotopic (exact) mass is 1180 g/mol. The van der Waals surface area contributed by atoms with Crippen molar-refractivity contribution in [3.8, 4) is 5.75 Å². The number of aliphatic hydroxyl groups is 2. The molecule has 2 fully saturated rings. The fourth-order valence-corrected chi connectivity index (χ4v) is 10.1. The molecule has 0 bridgehead atoms. The van der Waals surface area contributed by atoms with Crippen molar-refractivity contribution < 1.29 is 63.3 Å². The number of fused-ring (bicyclic) bond motifs is 1. The van der Waals surface area contributed by atoms with Crippen molar-refractivity contribution in [2.75, 3.05) is 26.2 Å². The topological polar surface area (TPSA) is 466 Å². The summed E-state index contributed by atoms with van der Waals surface area (Å²) in [7, 11) is 0. The number of likely N-dealkylation sites (tertiary alicyclic amines) is 1. The van der Waals surface area contributed by atoms with Gasteiger partial charge in [-0.05, 0) is 80.2 Å². The van der Waals surface area contributed by atoms with Crippen molar-refractivity contribution in [2.24, 2.45) is 28.1 Å². The quantitative estimate of drug-likeness (QED) is 0.0129. The minimum absolute atomic E-state index is 0.0260. The van der Waals surface area contributed by atoms with Gasteiger partial charge < -0.3 is 89.9 Å². The van der Waals surface area contributed by atoms with Crippen LogP contribution in [-0.4, -0.2) is 181 Å². The van der Waals surface area contributed by atoms with E-state index in [0.29, 0.717) is 40.6 Å². The van der Waals surface area contributed by atoms with E-state index in [-0.39, 0.29) is 101 Å². The number of nitrogens with zero attached hydrogens (tertiary/aromatic N) is 3. The molecule has 6 rings (SSSR count). The van der Waals surface area contributed by atoms with E-state index in [1.807, 2.05) is 0 Å². The maximum atomic E-state index is 14.4. The largest absolute Gasteiger partial charge is 0.508 e. The fraction of sp³-hybridized carbons (Fsp3) is 0.500. The molecule has 0 spiro atoms. The van der Waals surface area contributed by atoms with E-state index < -0.39 is 121 Å². The standard InChI is InChI=1S/C56H78N16O13/c1-30(2)21-39(51(81)67-38(9-5-19-61-56(58)59)55(85)72-20-6-10-44(72)45(75)16-17-46(57)76)66-48(78)27-63-49(79)40(22-31-11-13-34(74)14-12-31)68-54(84)43(28-73)71-52(82)41(23-32-25-62-36-8-4-3-7-35(32)36)69-53(83)42(24-33-26-60-29-64-33)70-50(80)37-15-18-47(77)65-37/h3-4,7-8,11-14,25-26,29-30,37-45,62,73-75H,5-6,9-10,15-24,27-28H2,1-2H3,(H2,57,76)(H,60,64)(H,63,79)(H,65,77)(H,66,78)(H,67,81)(H,68,84)(H,69,83)(H,70,80)(H,71,82)(H4,58,59,61). The molecule has 29 heteroatoms. The van der Waals surface area contributed by atoms with Crippen LogP contribution in [0.2, 0.25) is 0 Å². The molecule has 2 aliphatic heterocycles. The molecule has 4 aromatic rings. The van der Waals surface area contributed by atoms with Crippen molar-refractivity contribution in [1.82, 2.24) is 62.4 Å². The van der Waals surface area contributed by atoms with Gasteiger partial charge in [0.1, 0.15) is 48.0 Å². The minimum atomic E-state index is -1.75. The first-order valence-electron chi connectivity index (χ1n) is 28.2. The average Bonchev–Trinajstić information content (AvgIpc) is 4.32. The van der Waals surface area contributed by atoms with Gasteiger partial charge in [-0.3, -0.25) is 52.9 Å². The summed E-state index contributed by atoms with van der Waals surface area (Å²) in [5.74, 6) is -7.85. The number of carbonyl (C=O) groups is 10. The average molecular weight is 1180 g/mol. The molecule has 29 nitrogen and oxygen atoms in total. The number of hydrogen-bond donors (Lipinski definition) is 16. The van der Waals surface area contributed by atoms with Gasteiger partial charge in [0, 0.05) is 74.2 Å². The van der Waals surface area contributed by atoms with Crippen LogP contribution in [0.25, 0.3) is 10.9 Å². The zero-order valence-corrected chi connectivity index (χ0v) is 47.4. The van der Waals surface area contributed by atoms with Crippen molar-refractivity contribution >= 4 is 75.9 Å². The normalized spacial score (nSPS) is 17.2. The van der Waals surface area contributed by atoms with Gasteiger partial charge in [0.15, 0.2) is 5.96 Å². The summed E-state index contributed by atoms with van der Waals surface area (Å²) in [5, 5.41) is 53.1. The van der Waals surface area contributed by atoms with E-state index in [9.17, 15) is 63.3 Å². The van der Waals surface area contributed by atoms with Crippen LogP contribution in [-0.2, 0) is 67.2 Å². The maximum absolute atomic E-state index is 14.4. The highest BCUT2D eigenvalue weighted by atomic mass is 16.3. The number of rotatable bonds is 32. The number of aromatic amines is 2. The minimum Gasteiger partial charge on any atom is -0.508 e. The number of guanidine groups is 1. The van der Waals surface area contributed by atoms with Gasteiger partial charge >= 0.3 is 0 Å². The predicted molar refractivity (Wildman–Crippen MR) is 307 cm³/mol. The molecule has 19 N–H and O–H groups in total. The molecule has 0 radical (unpaired) electrons. The van der Waals surface area contributed by atoms with Gasteiger partial charge in [-0.15, -0.1) is 0 Å². The summed E-state index contributed by atoms with van der Waals surface area (Å²) in [6.07, 6.45) is 4.51. The molecule has 0 aliphatic carbocycles. The number of H-pyrrole nitrogens is 2. The number of imidazole rings is 1. The van der Waals surface area contributed by atoms with Gasteiger partial charge in [0.2, 0.25) is 59.1 Å². The number of aliphatic hydroxyl groups excluding tert-OH is 2. The van der Waals surface area contributed by atoms with Crippen LogP contribution in [0.1, 0.15) is 88.5 Å². The number of para-hydroxylation sites is 1. The third-order valence-corrected chi connectivity index (χ3v) is 14.5. The first-order valence-corrected chi connectivity index (χ1v) is 28.2. The highest BCUT2D eigenvalue weighted by Crippen LogP contribution is 2.25. The van der Waals surface area contributed by atoms with Gasteiger partial charge in [0.25, 0.3) is 0 Å². The lowest BCUT2D eigenvalue weighted by Crippen LogP contribution is -2.60. The van der Waals surface area contributed by atoms with Crippen LogP contribution in [0.5, 0.6) is 5.75 Å². The second-order valence-corrected chi connectivity index (χ2v) is 21.6. The van der Waals surface area contributed by atoms with E-state index in [4.69, 9.17) is 17.2 Å². The number of hydrogen-bond acceptors (Lipinski definition) is 15. The number of phenolic OH excluding ortho intramolecular Hbond substituents is 1. The van der Waals surface area contributed by atoms with Crippen molar-refractivity contribution in [3.05, 3.63) is 84.1 Å². The highest BCUT2D eigenvalue weighted by Gasteiger charge is 2.39. The number of aromatic hydroxyl groups is 1. The van der Waals surface area contributed by atoms with Crippen molar-refractivity contribution in [1.29, 1.82) is 0 Å². The van der Waals surface area contributed by atoms with E-state index in [0.717, 1.165) is 0 Å². The Balaban J connectivity index is 1.16. The zero-order chi connectivity index (χ0) is 61.7. The summed E-state index contributed by atoms with van der Waals surface area (Å²) in [4.78, 5) is 151. The van der Waals surface area contributed by atoms with E-state index in [1.165, 1.54) is 41.7 Å². The fourth-order valence-electron chi connectivity index (χ4n) is 10.1. The molecule has 4 heterocycles. The molecule has 2 aromatic heterocycles. The smallest absolute Gasteiger partial charge is 0.245 e. The Morgan fingerprint density at radius 3 is 2.07 bits per heavy atom. The Morgan fingerprint density at radius 1 is 0.765 bits per heavy atom. The Kier molecular flexibility index (Phi) is 24.1. The van der Waals surface area contributed by atoms with Crippen LogP contribution in [0.15, 0.2) is 72.2 Å². The third kappa shape index (κ3) is 19.8. The number of nitrogens with one attached hydrogen (secondary N) is 10. The first-order chi connectivity index (χ1) is 40.6. The molecule has 460 valence electrons. The lowest BCUT2D eigenvalue weighted by atomic mass is 10.0. The van der Waals surface area contributed by atoms with Crippen molar-refractivity contribution in [3.63, 3.8) is 0 Å². The Bertz CT molecular complexity index is 3000. The molecular formula is C56H78N16O13. The number of nitrogens with two attached hydrogens (primary N) is 3. The molecular weight excluding hydrogens is 1100 g/mol. The van der Waals surface area contributed by atoms with E-state index in [1.54, 1.807) is 44.3 Å². The number of benzene rings is 2. The van der Waals surface area contributed by atoms with Crippen LogP contribution in [0.4, 0.5) is 0 Å². The molecule has 2 aliphatic rings. The molecule has 2 saturated heterocycles. The molecule has 85 heavy (non-hydrogen) atoms. The third-order valence-electron chi connectivity index (χ3n) is 14.5. The van der Waals surface area contributed by atoms with Crippen molar-refractivity contribution in [2.45, 2.75) is 145 Å². The summed E-state index contributed by atoms with van der Waals surface area (Å²) in [5.41, 5.74) is 18.5. The summed E-state index contributed by atoms with van der Waals surface area (Å²) < 4.78 is 0. The highest BCUT2D eigenvalue weighted by molar-refractivity contribution is 5.98. The van der Waals surface area contributed by atoms with Crippen LogP contribution < -0.4 is 59.7 Å². The van der Waals surface area contributed by atoms with Gasteiger partial charge in [0.05, 0.1) is 31.6 Å². The summed E-state index contributed by atoms with van der Waals surface area (Å²) >= 11 is 0.